The number of carbonyl (C=O) groups excluding carboxylic acids is 1. The minimum absolute atomic E-state index is 0.224. The van der Waals surface area contributed by atoms with Crippen LogP contribution in [0, 0.1) is 0 Å². The molecule has 1 aliphatic heterocycles. The second-order valence-corrected chi connectivity index (χ2v) is 5.68. The third-order valence-corrected chi connectivity index (χ3v) is 4.06. The monoisotopic (exact) mass is 306 g/mol. The smallest absolute Gasteiger partial charge is 0.319 e. The number of aromatic nitrogens is 1. The second kappa shape index (κ2) is 8.58. The first kappa shape index (κ1) is 16.5. The van der Waals surface area contributed by atoms with Gasteiger partial charge in [-0.3, -0.25) is 0 Å². The lowest BCUT2D eigenvalue weighted by atomic mass is 10.0. The largest absolute Gasteiger partial charge is 0.480 e. The van der Waals surface area contributed by atoms with Crippen LogP contribution < -0.4 is 15.4 Å². The van der Waals surface area contributed by atoms with E-state index in [-0.39, 0.29) is 6.03 Å². The average molecular weight is 306 g/mol. The highest BCUT2D eigenvalue weighted by molar-refractivity contribution is 5.90. The van der Waals surface area contributed by atoms with Crippen LogP contribution in [0.3, 0.4) is 0 Å². The molecule has 0 aliphatic carbocycles. The van der Waals surface area contributed by atoms with Crippen LogP contribution in [0.1, 0.15) is 32.6 Å². The second-order valence-electron chi connectivity index (χ2n) is 5.68. The predicted octanol–water partition coefficient (Wildman–Crippen LogP) is 2.48. The first-order valence-electron chi connectivity index (χ1n) is 7.98. The van der Waals surface area contributed by atoms with Gasteiger partial charge in [0.2, 0.25) is 5.88 Å². The molecule has 2 N–H and O–H groups in total. The summed E-state index contributed by atoms with van der Waals surface area (Å²) in [5.74, 6) is 0.416. The van der Waals surface area contributed by atoms with Crippen molar-refractivity contribution in [2.75, 3.05) is 32.1 Å². The van der Waals surface area contributed by atoms with Crippen LogP contribution in [-0.2, 0) is 0 Å². The average Bonchev–Trinajstić information content (AvgIpc) is 2.53. The van der Waals surface area contributed by atoms with Crippen LogP contribution in [0.5, 0.6) is 5.88 Å². The summed E-state index contributed by atoms with van der Waals surface area (Å²) in [6, 6.07) is 3.97. The number of methoxy groups -OCH3 is 1. The Morgan fingerprint density at radius 1 is 1.50 bits per heavy atom. The van der Waals surface area contributed by atoms with Gasteiger partial charge in [0.15, 0.2) is 0 Å². The first-order valence-corrected chi connectivity index (χ1v) is 7.98. The summed E-state index contributed by atoms with van der Waals surface area (Å²) < 4.78 is 5.10. The van der Waals surface area contributed by atoms with Gasteiger partial charge in [-0.25, -0.2) is 9.78 Å². The zero-order chi connectivity index (χ0) is 15.8. The quantitative estimate of drug-likeness (QED) is 0.792. The van der Waals surface area contributed by atoms with Crippen LogP contribution in [0.4, 0.5) is 10.5 Å². The molecule has 1 aromatic rings. The van der Waals surface area contributed by atoms with E-state index in [9.17, 15) is 4.79 Å². The van der Waals surface area contributed by atoms with Gasteiger partial charge < -0.3 is 20.3 Å². The Morgan fingerprint density at radius 2 is 2.36 bits per heavy atom. The Morgan fingerprint density at radius 3 is 3.14 bits per heavy atom. The summed E-state index contributed by atoms with van der Waals surface area (Å²) in [4.78, 5) is 18.4. The third kappa shape index (κ3) is 4.87. The van der Waals surface area contributed by atoms with Crippen LogP contribution in [-0.4, -0.2) is 48.7 Å². The number of likely N-dealkylation sites (tertiary alicyclic amines) is 1. The maximum absolute atomic E-state index is 11.9. The number of nitrogens with zero attached hydrogens (tertiary/aromatic N) is 2. The van der Waals surface area contributed by atoms with Crippen molar-refractivity contribution in [1.82, 2.24) is 15.2 Å². The highest BCUT2D eigenvalue weighted by atomic mass is 16.5. The van der Waals surface area contributed by atoms with Crippen molar-refractivity contribution in [2.45, 2.75) is 38.6 Å². The first-order chi connectivity index (χ1) is 10.7. The number of amides is 2. The Kier molecular flexibility index (Phi) is 6.45. The van der Waals surface area contributed by atoms with Gasteiger partial charge in [0.1, 0.15) is 5.69 Å². The van der Waals surface area contributed by atoms with E-state index in [4.69, 9.17) is 4.74 Å². The molecule has 0 aromatic carbocycles. The summed E-state index contributed by atoms with van der Waals surface area (Å²) in [5, 5.41) is 5.63. The highest BCUT2D eigenvalue weighted by Gasteiger charge is 2.17. The molecular formula is C16H26N4O2. The fourth-order valence-electron chi connectivity index (χ4n) is 2.79. The van der Waals surface area contributed by atoms with Crippen molar-refractivity contribution >= 4 is 11.7 Å². The van der Waals surface area contributed by atoms with E-state index in [1.165, 1.54) is 32.9 Å². The molecule has 2 rings (SSSR count). The fraction of sp³-hybridized carbons (Fsp3) is 0.625. The number of ether oxygens (including phenoxy) is 1. The molecule has 2 heterocycles. The van der Waals surface area contributed by atoms with Crippen molar-refractivity contribution in [3.63, 3.8) is 0 Å². The molecular weight excluding hydrogens is 280 g/mol. The Hall–Kier alpha value is -1.82. The molecule has 1 atom stereocenters. The van der Waals surface area contributed by atoms with Crippen LogP contribution in [0.2, 0.25) is 0 Å². The molecule has 1 aromatic heterocycles. The number of pyridine rings is 1. The minimum atomic E-state index is -0.224. The van der Waals surface area contributed by atoms with E-state index in [1.54, 1.807) is 18.3 Å². The Balaban J connectivity index is 1.67. The summed E-state index contributed by atoms with van der Waals surface area (Å²) in [6.45, 7) is 5.17. The van der Waals surface area contributed by atoms with E-state index in [2.05, 4.69) is 27.4 Å². The summed E-state index contributed by atoms with van der Waals surface area (Å²) in [6.07, 6.45) is 6.50. The Labute approximate surface area is 132 Å². The molecule has 1 unspecified atom stereocenters. The van der Waals surface area contributed by atoms with E-state index < -0.39 is 0 Å². The van der Waals surface area contributed by atoms with Crippen molar-refractivity contribution in [1.29, 1.82) is 0 Å². The topological polar surface area (TPSA) is 66.5 Å². The molecule has 6 nitrogen and oxygen atoms in total. The zero-order valence-electron chi connectivity index (χ0n) is 13.5. The normalized spacial score (nSPS) is 18.7. The summed E-state index contributed by atoms with van der Waals surface area (Å²) >= 11 is 0. The molecule has 0 saturated carbocycles. The maximum Gasteiger partial charge on any atom is 0.319 e. The number of anilines is 1. The molecule has 1 saturated heterocycles. The lowest BCUT2D eigenvalue weighted by Gasteiger charge is -2.33. The SMILES string of the molecule is COc1ncccc1NC(=O)NCCCN1CCCCC1C. The molecule has 22 heavy (non-hydrogen) atoms. The number of rotatable bonds is 6. The van der Waals surface area contributed by atoms with Crippen molar-refractivity contribution < 1.29 is 9.53 Å². The number of urea groups is 1. The minimum Gasteiger partial charge on any atom is -0.480 e. The number of piperidine rings is 1. The third-order valence-electron chi connectivity index (χ3n) is 4.06. The van der Waals surface area contributed by atoms with Gasteiger partial charge in [-0.15, -0.1) is 0 Å². The number of hydrogen-bond donors (Lipinski definition) is 2. The Bertz CT molecular complexity index is 481. The molecule has 122 valence electrons. The van der Waals surface area contributed by atoms with Gasteiger partial charge in [-0.1, -0.05) is 6.42 Å². The maximum atomic E-state index is 11.9. The van der Waals surface area contributed by atoms with Crippen LogP contribution in [0.25, 0.3) is 0 Å². The summed E-state index contributed by atoms with van der Waals surface area (Å²) in [5.41, 5.74) is 0.576. The van der Waals surface area contributed by atoms with E-state index in [0.717, 1.165) is 13.0 Å². The van der Waals surface area contributed by atoms with Gasteiger partial charge >= 0.3 is 6.03 Å². The van der Waals surface area contributed by atoms with Gasteiger partial charge in [0, 0.05) is 25.3 Å². The van der Waals surface area contributed by atoms with Gasteiger partial charge in [0.25, 0.3) is 0 Å². The van der Waals surface area contributed by atoms with Crippen molar-refractivity contribution in [3.05, 3.63) is 18.3 Å². The molecule has 0 bridgehead atoms. The van der Waals surface area contributed by atoms with Crippen molar-refractivity contribution in [3.8, 4) is 5.88 Å². The molecule has 1 aliphatic rings. The summed E-state index contributed by atoms with van der Waals surface area (Å²) in [7, 11) is 1.53. The number of hydrogen-bond acceptors (Lipinski definition) is 4. The molecule has 1 fully saturated rings. The highest BCUT2D eigenvalue weighted by Crippen LogP contribution is 2.19. The predicted molar refractivity (Wildman–Crippen MR) is 87.3 cm³/mol. The van der Waals surface area contributed by atoms with E-state index in [0.29, 0.717) is 24.2 Å². The van der Waals surface area contributed by atoms with Gasteiger partial charge in [0.05, 0.1) is 7.11 Å². The van der Waals surface area contributed by atoms with E-state index >= 15 is 0 Å². The lowest BCUT2D eigenvalue weighted by molar-refractivity contribution is 0.159. The number of nitrogens with one attached hydrogen (secondary N) is 2. The molecule has 2 amide bonds. The molecule has 0 radical (unpaired) electrons. The van der Waals surface area contributed by atoms with E-state index in [1.807, 2.05) is 0 Å². The number of carbonyl (C=O) groups is 1. The van der Waals surface area contributed by atoms with Crippen molar-refractivity contribution in [2.24, 2.45) is 0 Å². The lowest BCUT2D eigenvalue weighted by Crippen LogP contribution is -2.39. The molecule has 6 heteroatoms. The van der Waals surface area contributed by atoms with Crippen LogP contribution in [0.15, 0.2) is 18.3 Å². The van der Waals surface area contributed by atoms with Gasteiger partial charge in [-0.05, 0) is 44.9 Å². The van der Waals surface area contributed by atoms with Crippen LogP contribution >= 0.6 is 0 Å². The zero-order valence-corrected chi connectivity index (χ0v) is 13.5. The fourth-order valence-corrected chi connectivity index (χ4v) is 2.79. The molecule has 0 spiro atoms. The standard InChI is InChI=1S/C16H26N4O2/c1-13-7-3-4-11-20(13)12-6-10-18-16(21)19-14-8-5-9-17-15(14)22-2/h5,8-9,13H,3-4,6-7,10-12H2,1-2H3,(H2,18,19,21). The van der Waals surface area contributed by atoms with Gasteiger partial charge in [-0.2, -0.15) is 0 Å².